The Hall–Kier alpha value is -1.06. The number of aliphatic hydroxyl groups is 1. The lowest BCUT2D eigenvalue weighted by atomic mass is 10.0. The minimum Gasteiger partial charge on any atom is -0.394 e. The summed E-state index contributed by atoms with van der Waals surface area (Å²) in [4.78, 5) is 2.12. The lowest BCUT2D eigenvalue weighted by Gasteiger charge is -2.37. The van der Waals surface area contributed by atoms with Crippen LogP contribution >= 0.6 is 0 Å². The molecule has 0 heterocycles. The Morgan fingerprint density at radius 2 is 1.94 bits per heavy atom. The highest BCUT2D eigenvalue weighted by atomic mass is 16.3. The van der Waals surface area contributed by atoms with Gasteiger partial charge in [-0.05, 0) is 32.5 Å². The normalized spacial score (nSPS) is 11.6. The Kier molecular flexibility index (Phi) is 4.33. The first-order chi connectivity index (χ1) is 7.53. The van der Waals surface area contributed by atoms with Crippen molar-refractivity contribution in [2.45, 2.75) is 25.9 Å². The minimum absolute atomic E-state index is 0.136. The van der Waals surface area contributed by atoms with Crippen molar-refractivity contribution in [1.82, 2.24) is 5.32 Å². The van der Waals surface area contributed by atoms with Crippen LogP contribution in [0.15, 0.2) is 24.3 Å². The van der Waals surface area contributed by atoms with Crippen molar-refractivity contribution in [2.24, 2.45) is 0 Å². The predicted octanol–water partition coefficient (Wildman–Crippen LogP) is 1.61. The van der Waals surface area contributed by atoms with Crippen molar-refractivity contribution in [3.63, 3.8) is 0 Å². The second kappa shape index (κ2) is 5.32. The summed E-state index contributed by atoms with van der Waals surface area (Å²) in [6.07, 6.45) is 0. The molecule has 2 N–H and O–H groups in total. The Bertz CT molecular complexity index is 336. The van der Waals surface area contributed by atoms with Crippen LogP contribution in [0.3, 0.4) is 0 Å². The molecule has 0 radical (unpaired) electrons. The molecule has 0 saturated carbocycles. The van der Waals surface area contributed by atoms with E-state index in [9.17, 15) is 5.11 Å². The number of benzene rings is 1. The number of nitrogens with zero attached hydrogens (tertiary/aromatic N) is 1. The van der Waals surface area contributed by atoms with Crippen molar-refractivity contribution in [2.75, 3.05) is 25.6 Å². The molecule has 1 aromatic carbocycles. The first kappa shape index (κ1) is 13.0. The van der Waals surface area contributed by atoms with Crippen LogP contribution in [0.2, 0.25) is 0 Å². The maximum atomic E-state index is 9.39. The van der Waals surface area contributed by atoms with Gasteiger partial charge in [-0.3, -0.25) is 0 Å². The fraction of sp³-hybridized carbons (Fsp3) is 0.538. The van der Waals surface area contributed by atoms with Crippen LogP contribution in [0.1, 0.15) is 19.4 Å². The number of aliphatic hydroxyl groups excluding tert-OH is 1. The van der Waals surface area contributed by atoms with Gasteiger partial charge in [-0.2, -0.15) is 0 Å². The lowest BCUT2D eigenvalue weighted by molar-refractivity contribution is 0.216. The molecule has 0 saturated heterocycles. The van der Waals surface area contributed by atoms with Gasteiger partial charge in [0.2, 0.25) is 0 Å². The number of likely N-dealkylation sites (N-methyl/N-ethyl adjacent to an activating group) is 1. The van der Waals surface area contributed by atoms with Gasteiger partial charge in [0.05, 0.1) is 12.1 Å². The molecule has 90 valence electrons. The number of hydrogen-bond donors (Lipinski definition) is 2. The van der Waals surface area contributed by atoms with Crippen LogP contribution in [-0.2, 0) is 6.54 Å². The molecule has 0 amide bonds. The summed E-state index contributed by atoms with van der Waals surface area (Å²) in [6.45, 7) is 5.03. The van der Waals surface area contributed by atoms with Gasteiger partial charge in [-0.1, -0.05) is 18.2 Å². The van der Waals surface area contributed by atoms with Crippen molar-refractivity contribution in [1.29, 1.82) is 0 Å². The molecule has 3 nitrogen and oxygen atoms in total. The predicted molar refractivity (Wildman–Crippen MR) is 68.8 cm³/mol. The highest BCUT2D eigenvalue weighted by molar-refractivity contribution is 5.54. The third-order valence-electron chi connectivity index (χ3n) is 3.02. The second-order valence-corrected chi connectivity index (χ2v) is 4.69. The Morgan fingerprint density at radius 3 is 2.50 bits per heavy atom. The zero-order chi connectivity index (χ0) is 12.2. The molecule has 0 fully saturated rings. The van der Waals surface area contributed by atoms with E-state index in [1.165, 1.54) is 5.56 Å². The fourth-order valence-electron chi connectivity index (χ4n) is 1.61. The molecule has 1 rings (SSSR count). The largest absolute Gasteiger partial charge is 0.394 e. The summed E-state index contributed by atoms with van der Waals surface area (Å²) in [5.41, 5.74) is 2.16. The van der Waals surface area contributed by atoms with E-state index in [-0.39, 0.29) is 12.1 Å². The molecular formula is C13H22N2O. The SMILES string of the molecule is CNCc1ccccc1N(C)C(C)(C)CO. The monoisotopic (exact) mass is 222 g/mol. The van der Waals surface area contributed by atoms with Crippen molar-refractivity contribution >= 4 is 5.69 Å². The molecule has 0 aromatic heterocycles. The average molecular weight is 222 g/mol. The highest BCUT2D eigenvalue weighted by Crippen LogP contribution is 2.25. The fourth-order valence-corrected chi connectivity index (χ4v) is 1.61. The summed E-state index contributed by atoms with van der Waals surface area (Å²) in [5, 5.41) is 12.5. The van der Waals surface area contributed by atoms with Crippen molar-refractivity contribution in [3.05, 3.63) is 29.8 Å². The summed E-state index contributed by atoms with van der Waals surface area (Å²) in [5.74, 6) is 0. The van der Waals surface area contributed by atoms with E-state index in [0.29, 0.717) is 0 Å². The average Bonchev–Trinajstić information content (AvgIpc) is 2.29. The third-order valence-corrected chi connectivity index (χ3v) is 3.02. The Morgan fingerprint density at radius 1 is 1.31 bits per heavy atom. The number of anilines is 1. The highest BCUT2D eigenvalue weighted by Gasteiger charge is 2.23. The standard InChI is InChI=1S/C13H22N2O/c1-13(2,10-16)15(4)12-8-6-5-7-11(12)9-14-3/h5-8,14,16H,9-10H2,1-4H3. The first-order valence-electron chi connectivity index (χ1n) is 5.60. The van der Waals surface area contributed by atoms with E-state index in [0.717, 1.165) is 12.2 Å². The van der Waals surface area contributed by atoms with Gasteiger partial charge in [0.15, 0.2) is 0 Å². The topological polar surface area (TPSA) is 35.5 Å². The first-order valence-corrected chi connectivity index (χ1v) is 5.60. The van der Waals surface area contributed by atoms with Gasteiger partial charge in [0, 0.05) is 19.3 Å². The minimum atomic E-state index is -0.246. The Labute approximate surface area is 98.1 Å². The molecule has 0 aliphatic heterocycles. The van der Waals surface area contributed by atoms with E-state index in [4.69, 9.17) is 0 Å². The van der Waals surface area contributed by atoms with Crippen LogP contribution in [-0.4, -0.2) is 31.3 Å². The molecule has 0 atom stereocenters. The maximum Gasteiger partial charge on any atom is 0.0658 e. The van der Waals surface area contributed by atoms with Gasteiger partial charge in [0.25, 0.3) is 0 Å². The van der Waals surface area contributed by atoms with E-state index in [2.05, 4.69) is 22.3 Å². The molecule has 1 aromatic rings. The summed E-state index contributed by atoms with van der Waals surface area (Å²) in [6, 6.07) is 8.26. The molecule has 3 heteroatoms. The van der Waals surface area contributed by atoms with Crippen molar-refractivity contribution in [3.8, 4) is 0 Å². The van der Waals surface area contributed by atoms with Gasteiger partial charge in [0.1, 0.15) is 0 Å². The lowest BCUT2D eigenvalue weighted by Crippen LogP contribution is -2.44. The van der Waals surface area contributed by atoms with Crippen molar-refractivity contribution < 1.29 is 5.11 Å². The van der Waals surface area contributed by atoms with Gasteiger partial charge < -0.3 is 15.3 Å². The van der Waals surface area contributed by atoms with E-state index < -0.39 is 0 Å². The summed E-state index contributed by atoms with van der Waals surface area (Å²) < 4.78 is 0. The molecule has 0 spiro atoms. The third kappa shape index (κ3) is 2.74. The number of hydrogen-bond acceptors (Lipinski definition) is 3. The van der Waals surface area contributed by atoms with Gasteiger partial charge in [-0.25, -0.2) is 0 Å². The second-order valence-electron chi connectivity index (χ2n) is 4.69. The Balaban J connectivity index is 3.02. The quantitative estimate of drug-likeness (QED) is 0.794. The molecule has 0 unspecified atom stereocenters. The van der Waals surface area contributed by atoms with E-state index in [1.54, 1.807) is 0 Å². The maximum absolute atomic E-state index is 9.39. The van der Waals surface area contributed by atoms with Crippen LogP contribution in [0.25, 0.3) is 0 Å². The molecule has 0 aliphatic carbocycles. The van der Waals surface area contributed by atoms with Gasteiger partial charge >= 0.3 is 0 Å². The smallest absolute Gasteiger partial charge is 0.0658 e. The van der Waals surface area contributed by atoms with Crippen LogP contribution in [0, 0.1) is 0 Å². The van der Waals surface area contributed by atoms with Gasteiger partial charge in [-0.15, -0.1) is 0 Å². The van der Waals surface area contributed by atoms with Crippen LogP contribution in [0.5, 0.6) is 0 Å². The number of nitrogens with one attached hydrogen (secondary N) is 1. The van der Waals surface area contributed by atoms with Crippen LogP contribution in [0.4, 0.5) is 5.69 Å². The van der Waals surface area contributed by atoms with E-state index >= 15 is 0 Å². The zero-order valence-corrected chi connectivity index (χ0v) is 10.6. The summed E-state index contributed by atoms with van der Waals surface area (Å²) in [7, 11) is 3.96. The van der Waals surface area contributed by atoms with E-state index in [1.807, 2.05) is 40.1 Å². The molecule has 16 heavy (non-hydrogen) atoms. The molecule has 0 aliphatic rings. The number of para-hydroxylation sites is 1. The molecule has 0 bridgehead atoms. The zero-order valence-electron chi connectivity index (χ0n) is 10.6. The summed E-state index contributed by atoms with van der Waals surface area (Å²) >= 11 is 0. The molecular weight excluding hydrogens is 200 g/mol. The van der Waals surface area contributed by atoms with Crippen LogP contribution < -0.4 is 10.2 Å². The number of rotatable bonds is 5.